The molecule has 0 aliphatic heterocycles. The van der Waals surface area contributed by atoms with E-state index in [0.717, 1.165) is 5.69 Å². The first-order valence-corrected chi connectivity index (χ1v) is 6.60. The van der Waals surface area contributed by atoms with E-state index in [2.05, 4.69) is 10.3 Å². The summed E-state index contributed by atoms with van der Waals surface area (Å²) < 4.78 is 18.1. The first-order valence-electron chi connectivity index (χ1n) is 5.34. The van der Waals surface area contributed by atoms with Crippen LogP contribution in [0.1, 0.15) is 5.69 Å². The minimum absolute atomic E-state index is 0.0452. The lowest BCUT2D eigenvalue weighted by atomic mass is 10.3. The predicted molar refractivity (Wildman–Crippen MR) is 72.4 cm³/mol. The van der Waals surface area contributed by atoms with Gasteiger partial charge in [-0.2, -0.15) is 0 Å². The van der Waals surface area contributed by atoms with Gasteiger partial charge in [-0.3, -0.25) is 4.79 Å². The van der Waals surface area contributed by atoms with E-state index in [0.29, 0.717) is 10.8 Å². The third-order valence-electron chi connectivity index (χ3n) is 2.26. The first-order chi connectivity index (χ1) is 9.06. The lowest BCUT2D eigenvalue weighted by molar-refractivity contribution is -0.118. The number of ether oxygens (including phenoxy) is 1. The van der Waals surface area contributed by atoms with Crippen LogP contribution in [-0.2, 0) is 4.79 Å². The normalized spacial score (nSPS) is 10.3. The van der Waals surface area contributed by atoms with Gasteiger partial charge in [-0.1, -0.05) is 11.6 Å². The largest absolute Gasteiger partial charge is 0.484 e. The van der Waals surface area contributed by atoms with E-state index in [1.807, 2.05) is 0 Å². The van der Waals surface area contributed by atoms with Gasteiger partial charge >= 0.3 is 0 Å². The lowest BCUT2D eigenvalue weighted by Gasteiger charge is -2.07. The third-order valence-corrected chi connectivity index (χ3v) is 3.39. The Bertz CT molecular complexity index is 603. The number of carbonyl (C=O) groups excluding carboxylic acids is 1. The van der Waals surface area contributed by atoms with Gasteiger partial charge in [0, 0.05) is 6.07 Å². The van der Waals surface area contributed by atoms with Crippen LogP contribution in [0.5, 0.6) is 5.75 Å². The van der Waals surface area contributed by atoms with E-state index in [1.54, 1.807) is 12.4 Å². The van der Waals surface area contributed by atoms with Crippen molar-refractivity contribution in [1.29, 1.82) is 0 Å². The van der Waals surface area contributed by atoms with E-state index >= 15 is 0 Å². The fourth-order valence-electron chi connectivity index (χ4n) is 1.30. The molecule has 7 heteroatoms. The summed E-state index contributed by atoms with van der Waals surface area (Å²) in [6.07, 6.45) is 0. The van der Waals surface area contributed by atoms with Gasteiger partial charge in [0.25, 0.3) is 5.91 Å². The summed E-state index contributed by atoms with van der Waals surface area (Å²) in [6.45, 7) is 1.62. The molecule has 2 aromatic rings. The molecule has 1 aromatic carbocycles. The molecule has 1 aromatic heterocycles. The molecular formula is C12H10ClFN2O2S. The molecule has 0 radical (unpaired) electrons. The zero-order chi connectivity index (χ0) is 13.8. The van der Waals surface area contributed by atoms with Crippen molar-refractivity contribution in [3.8, 4) is 5.75 Å². The monoisotopic (exact) mass is 300 g/mol. The minimum Gasteiger partial charge on any atom is -0.484 e. The number of aromatic nitrogens is 1. The van der Waals surface area contributed by atoms with Crippen molar-refractivity contribution >= 4 is 33.8 Å². The Kier molecular flexibility index (Phi) is 4.34. The molecule has 2 rings (SSSR count). The Morgan fingerprint density at radius 2 is 2.37 bits per heavy atom. The third kappa shape index (κ3) is 3.65. The number of rotatable bonds is 4. The number of benzene rings is 1. The summed E-state index contributed by atoms with van der Waals surface area (Å²) in [4.78, 5) is 15.6. The Labute approximate surface area is 118 Å². The summed E-state index contributed by atoms with van der Waals surface area (Å²) in [5.74, 6) is -0.505. The number of hydrogen-bond acceptors (Lipinski definition) is 4. The minimum atomic E-state index is -0.529. The van der Waals surface area contributed by atoms with Crippen molar-refractivity contribution in [2.45, 2.75) is 6.92 Å². The quantitative estimate of drug-likeness (QED) is 0.943. The molecule has 0 aliphatic rings. The Hall–Kier alpha value is -1.66. The summed E-state index contributed by atoms with van der Waals surface area (Å²) in [5.41, 5.74) is 2.40. The van der Waals surface area contributed by atoms with Crippen LogP contribution >= 0.6 is 22.9 Å². The second-order valence-electron chi connectivity index (χ2n) is 3.68. The highest BCUT2D eigenvalue weighted by Gasteiger charge is 2.08. The van der Waals surface area contributed by atoms with Crippen LogP contribution in [-0.4, -0.2) is 17.5 Å². The average molecular weight is 301 g/mol. The number of amides is 1. The molecule has 0 spiro atoms. The molecule has 0 fully saturated rings. The van der Waals surface area contributed by atoms with Crippen molar-refractivity contribution in [3.63, 3.8) is 0 Å². The smallest absolute Gasteiger partial charge is 0.262 e. The number of anilines is 1. The molecule has 19 heavy (non-hydrogen) atoms. The maximum absolute atomic E-state index is 12.9. The van der Waals surface area contributed by atoms with E-state index < -0.39 is 5.82 Å². The van der Waals surface area contributed by atoms with Gasteiger partial charge in [-0.15, -0.1) is 11.3 Å². The molecule has 0 atom stereocenters. The van der Waals surface area contributed by atoms with Crippen LogP contribution < -0.4 is 10.1 Å². The molecule has 1 N–H and O–H groups in total. The molecule has 4 nitrogen and oxygen atoms in total. The summed E-state index contributed by atoms with van der Waals surface area (Å²) in [5, 5.41) is 3.31. The van der Waals surface area contributed by atoms with E-state index in [4.69, 9.17) is 16.3 Å². The molecule has 1 amide bonds. The van der Waals surface area contributed by atoms with Crippen molar-refractivity contribution in [3.05, 3.63) is 40.2 Å². The molecular weight excluding hydrogens is 291 g/mol. The van der Waals surface area contributed by atoms with Gasteiger partial charge in [-0.05, 0) is 19.1 Å². The van der Waals surface area contributed by atoms with E-state index in [-0.39, 0.29) is 17.5 Å². The average Bonchev–Trinajstić information content (AvgIpc) is 2.77. The van der Waals surface area contributed by atoms with E-state index in [1.165, 1.54) is 29.5 Å². The van der Waals surface area contributed by atoms with Crippen LogP contribution in [0.25, 0.3) is 0 Å². The highest BCUT2D eigenvalue weighted by atomic mass is 35.5. The SMILES string of the molecule is Cc1ncsc1NC(=O)COc1ccc(F)c(Cl)c1. The van der Waals surface area contributed by atoms with Crippen LogP contribution in [0, 0.1) is 12.7 Å². The second kappa shape index (κ2) is 5.99. The fourth-order valence-corrected chi connectivity index (χ4v) is 2.18. The van der Waals surface area contributed by atoms with Gasteiger partial charge in [-0.25, -0.2) is 9.37 Å². The number of carbonyl (C=O) groups is 1. The summed E-state index contributed by atoms with van der Waals surface area (Å²) >= 11 is 6.94. The maximum atomic E-state index is 12.9. The molecule has 0 saturated carbocycles. The predicted octanol–water partition coefficient (Wildman–Crippen LogP) is 3.26. The fraction of sp³-hybridized carbons (Fsp3) is 0.167. The topological polar surface area (TPSA) is 51.2 Å². The number of hydrogen-bond donors (Lipinski definition) is 1. The number of thiazole rings is 1. The van der Waals surface area contributed by atoms with Crippen molar-refractivity contribution in [1.82, 2.24) is 4.98 Å². The molecule has 100 valence electrons. The van der Waals surface area contributed by atoms with Gasteiger partial charge < -0.3 is 10.1 Å². The number of aryl methyl sites for hydroxylation is 1. The van der Waals surface area contributed by atoms with Gasteiger partial charge in [0.05, 0.1) is 16.2 Å². The van der Waals surface area contributed by atoms with Gasteiger partial charge in [0.15, 0.2) is 6.61 Å². The van der Waals surface area contributed by atoms with Crippen LogP contribution in [0.4, 0.5) is 9.39 Å². The lowest BCUT2D eigenvalue weighted by Crippen LogP contribution is -2.20. The standard InChI is InChI=1S/C12H10ClFN2O2S/c1-7-12(19-6-15-7)16-11(17)5-18-8-2-3-10(14)9(13)4-8/h2-4,6H,5H2,1H3,(H,16,17). The van der Waals surface area contributed by atoms with Crippen molar-refractivity contribution < 1.29 is 13.9 Å². The second-order valence-corrected chi connectivity index (χ2v) is 4.94. The molecule has 0 bridgehead atoms. The highest BCUT2D eigenvalue weighted by molar-refractivity contribution is 7.14. The summed E-state index contributed by atoms with van der Waals surface area (Å²) in [7, 11) is 0. The summed E-state index contributed by atoms with van der Waals surface area (Å²) in [6, 6.07) is 3.91. The number of nitrogens with zero attached hydrogens (tertiary/aromatic N) is 1. The zero-order valence-corrected chi connectivity index (χ0v) is 11.5. The van der Waals surface area contributed by atoms with Crippen molar-refractivity contribution in [2.75, 3.05) is 11.9 Å². The Morgan fingerprint density at radius 1 is 1.58 bits per heavy atom. The first kappa shape index (κ1) is 13.8. The number of nitrogens with one attached hydrogen (secondary N) is 1. The molecule has 0 unspecified atom stereocenters. The van der Waals surface area contributed by atoms with E-state index in [9.17, 15) is 9.18 Å². The molecule has 0 saturated heterocycles. The Balaban J connectivity index is 1.90. The molecule has 1 heterocycles. The highest BCUT2D eigenvalue weighted by Crippen LogP contribution is 2.21. The Morgan fingerprint density at radius 3 is 3.00 bits per heavy atom. The zero-order valence-electron chi connectivity index (χ0n) is 9.94. The van der Waals surface area contributed by atoms with Crippen molar-refractivity contribution in [2.24, 2.45) is 0 Å². The number of halogens is 2. The van der Waals surface area contributed by atoms with Crippen LogP contribution in [0.2, 0.25) is 5.02 Å². The van der Waals surface area contributed by atoms with Crippen LogP contribution in [0.15, 0.2) is 23.7 Å². The molecule has 0 aliphatic carbocycles. The van der Waals surface area contributed by atoms with Crippen LogP contribution in [0.3, 0.4) is 0 Å². The maximum Gasteiger partial charge on any atom is 0.262 e. The van der Waals surface area contributed by atoms with Gasteiger partial charge in [0.2, 0.25) is 0 Å². The van der Waals surface area contributed by atoms with Gasteiger partial charge in [0.1, 0.15) is 16.6 Å².